The topological polar surface area (TPSA) is 59.3 Å². The first kappa shape index (κ1) is 13.6. The van der Waals surface area contributed by atoms with Crippen molar-refractivity contribution in [3.05, 3.63) is 38.2 Å². The number of carbonyl (C=O) groups is 1. The van der Waals surface area contributed by atoms with Gasteiger partial charge in [0.05, 0.1) is 15.0 Å². The van der Waals surface area contributed by atoms with Gasteiger partial charge in [0.1, 0.15) is 11.4 Å². The van der Waals surface area contributed by atoms with Gasteiger partial charge in [-0.15, -0.1) is 11.8 Å². The van der Waals surface area contributed by atoms with Gasteiger partial charge in [-0.2, -0.15) is 0 Å². The van der Waals surface area contributed by atoms with Crippen LogP contribution in [0.5, 0.6) is 0 Å². The molecule has 3 rings (SSSR count). The van der Waals surface area contributed by atoms with E-state index in [1.54, 1.807) is 4.57 Å². The highest BCUT2D eigenvalue weighted by Crippen LogP contribution is 2.38. The number of nitrogens with zero attached hydrogens (tertiary/aromatic N) is 1. The summed E-state index contributed by atoms with van der Waals surface area (Å²) >= 11 is 4.45. The summed E-state index contributed by atoms with van der Waals surface area (Å²) in [5.41, 5.74) is -0.346. The Bertz CT molecular complexity index is 818. The summed E-state index contributed by atoms with van der Waals surface area (Å²) in [6.07, 6.45) is 0. The minimum atomic E-state index is -1.27. The number of fused-ring (bicyclic) bond motifs is 3. The molecule has 1 N–H and O–H groups in total. The van der Waals surface area contributed by atoms with Crippen LogP contribution in [0.15, 0.2) is 26.4 Å². The summed E-state index contributed by atoms with van der Waals surface area (Å²) < 4.78 is 15.7. The molecule has 4 nitrogen and oxygen atoms in total. The summed E-state index contributed by atoms with van der Waals surface area (Å²) in [4.78, 5) is 23.7. The Hall–Kier alpha value is -1.34. The standard InChI is InChI=1S/C13H9BrFNO3S/c1-5-4-20-12-10(13(18)19)11(17)6-2-8(15)7(14)3-9(6)16(5)12/h2-3,5H,4H2,1H3,(H,18,19). The van der Waals surface area contributed by atoms with Crippen LogP contribution in [0.25, 0.3) is 10.9 Å². The van der Waals surface area contributed by atoms with Gasteiger partial charge in [0, 0.05) is 17.2 Å². The molecular weight excluding hydrogens is 349 g/mol. The molecule has 2 heterocycles. The van der Waals surface area contributed by atoms with Crippen molar-refractivity contribution in [2.45, 2.75) is 18.0 Å². The molecule has 0 aliphatic carbocycles. The lowest BCUT2D eigenvalue weighted by Crippen LogP contribution is -2.21. The lowest BCUT2D eigenvalue weighted by atomic mass is 10.1. The average molecular weight is 358 g/mol. The molecule has 0 bridgehead atoms. The lowest BCUT2D eigenvalue weighted by molar-refractivity contribution is 0.0690. The minimum absolute atomic E-state index is 0.0496. The Morgan fingerprint density at radius 3 is 2.90 bits per heavy atom. The van der Waals surface area contributed by atoms with Gasteiger partial charge in [0.15, 0.2) is 0 Å². The van der Waals surface area contributed by atoms with E-state index >= 15 is 0 Å². The Morgan fingerprint density at radius 2 is 2.25 bits per heavy atom. The van der Waals surface area contributed by atoms with E-state index in [2.05, 4.69) is 15.9 Å². The van der Waals surface area contributed by atoms with E-state index in [9.17, 15) is 19.1 Å². The van der Waals surface area contributed by atoms with Gasteiger partial charge in [-0.05, 0) is 35.0 Å². The summed E-state index contributed by atoms with van der Waals surface area (Å²) in [7, 11) is 0. The summed E-state index contributed by atoms with van der Waals surface area (Å²) in [5.74, 6) is -1.16. The molecule has 20 heavy (non-hydrogen) atoms. The maximum Gasteiger partial charge on any atom is 0.342 e. The molecule has 1 aliphatic rings. The number of aromatic nitrogens is 1. The van der Waals surface area contributed by atoms with Crippen LogP contribution in [0, 0.1) is 5.82 Å². The van der Waals surface area contributed by atoms with E-state index in [0.717, 1.165) is 6.07 Å². The maximum absolute atomic E-state index is 13.7. The van der Waals surface area contributed by atoms with Crippen LogP contribution in [-0.2, 0) is 0 Å². The number of benzene rings is 1. The molecule has 0 saturated carbocycles. The number of thioether (sulfide) groups is 1. The minimum Gasteiger partial charge on any atom is -0.477 e. The molecule has 104 valence electrons. The fraction of sp³-hybridized carbons (Fsp3) is 0.231. The Kier molecular flexibility index (Phi) is 3.13. The van der Waals surface area contributed by atoms with Crippen LogP contribution in [0.1, 0.15) is 23.3 Å². The normalized spacial score (nSPS) is 17.4. The summed E-state index contributed by atoms with van der Waals surface area (Å²) in [6.45, 7) is 1.94. The van der Waals surface area contributed by atoms with Crippen molar-refractivity contribution in [1.82, 2.24) is 4.57 Å². The lowest BCUT2D eigenvalue weighted by Gasteiger charge is -2.15. The van der Waals surface area contributed by atoms with Gasteiger partial charge in [0.2, 0.25) is 5.43 Å². The van der Waals surface area contributed by atoms with Crippen LogP contribution in [0.3, 0.4) is 0 Å². The maximum atomic E-state index is 13.7. The van der Waals surface area contributed by atoms with Gasteiger partial charge < -0.3 is 9.67 Å². The van der Waals surface area contributed by atoms with Crippen molar-refractivity contribution in [3.8, 4) is 0 Å². The Labute approximate surface area is 125 Å². The molecule has 1 atom stereocenters. The molecule has 7 heteroatoms. The van der Waals surface area contributed by atoms with Gasteiger partial charge in [-0.3, -0.25) is 4.79 Å². The van der Waals surface area contributed by atoms with Crippen LogP contribution in [0.4, 0.5) is 4.39 Å². The van der Waals surface area contributed by atoms with Gasteiger partial charge in [-0.25, -0.2) is 9.18 Å². The predicted molar refractivity (Wildman–Crippen MR) is 78.3 cm³/mol. The number of aromatic carboxylic acids is 1. The third kappa shape index (κ3) is 1.80. The van der Waals surface area contributed by atoms with Crippen molar-refractivity contribution < 1.29 is 14.3 Å². The van der Waals surface area contributed by atoms with E-state index in [1.165, 1.54) is 17.8 Å². The number of hydrogen-bond donors (Lipinski definition) is 1. The first-order chi connectivity index (χ1) is 9.41. The van der Waals surface area contributed by atoms with E-state index < -0.39 is 17.2 Å². The average Bonchev–Trinajstić information content (AvgIpc) is 2.74. The van der Waals surface area contributed by atoms with Crippen molar-refractivity contribution in [3.63, 3.8) is 0 Å². The molecule has 1 aromatic carbocycles. The first-order valence-corrected chi connectivity index (χ1v) is 7.63. The zero-order valence-corrected chi connectivity index (χ0v) is 12.7. The third-order valence-electron chi connectivity index (χ3n) is 3.32. The van der Waals surface area contributed by atoms with Gasteiger partial charge in [0.25, 0.3) is 0 Å². The number of carboxylic acids is 1. The number of halogens is 2. The molecular formula is C13H9BrFNO3S. The highest BCUT2D eigenvalue weighted by Gasteiger charge is 2.29. The van der Waals surface area contributed by atoms with Crippen LogP contribution >= 0.6 is 27.7 Å². The number of hydrogen-bond acceptors (Lipinski definition) is 3. The van der Waals surface area contributed by atoms with E-state index in [-0.39, 0.29) is 21.5 Å². The molecule has 0 saturated heterocycles. The highest BCUT2D eigenvalue weighted by molar-refractivity contribution is 9.10. The number of carboxylic acid groups (broad SMARTS) is 1. The van der Waals surface area contributed by atoms with Crippen LogP contribution < -0.4 is 5.43 Å². The van der Waals surface area contributed by atoms with E-state index in [1.807, 2.05) is 6.92 Å². The fourth-order valence-corrected chi connectivity index (χ4v) is 4.04. The molecule has 1 aromatic heterocycles. The smallest absolute Gasteiger partial charge is 0.342 e. The molecule has 0 amide bonds. The second kappa shape index (κ2) is 4.60. The quantitative estimate of drug-likeness (QED) is 0.850. The van der Waals surface area contributed by atoms with Crippen LogP contribution in [-0.4, -0.2) is 21.4 Å². The zero-order valence-electron chi connectivity index (χ0n) is 10.3. The fourth-order valence-electron chi connectivity index (χ4n) is 2.42. The zero-order chi connectivity index (χ0) is 14.6. The monoisotopic (exact) mass is 357 g/mol. The largest absolute Gasteiger partial charge is 0.477 e. The van der Waals surface area contributed by atoms with Crippen molar-refractivity contribution in [1.29, 1.82) is 0 Å². The van der Waals surface area contributed by atoms with Gasteiger partial charge >= 0.3 is 5.97 Å². The van der Waals surface area contributed by atoms with Crippen molar-refractivity contribution in [2.24, 2.45) is 0 Å². The summed E-state index contributed by atoms with van der Waals surface area (Å²) in [5, 5.41) is 9.81. The van der Waals surface area contributed by atoms with Crippen LogP contribution in [0.2, 0.25) is 0 Å². The second-order valence-electron chi connectivity index (χ2n) is 4.63. The second-order valence-corrected chi connectivity index (χ2v) is 6.49. The molecule has 1 aliphatic heterocycles. The third-order valence-corrected chi connectivity index (χ3v) is 5.25. The number of rotatable bonds is 1. The molecule has 0 radical (unpaired) electrons. The van der Waals surface area contributed by atoms with Gasteiger partial charge in [-0.1, -0.05) is 0 Å². The Morgan fingerprint density at radius 1 is 1.55 bits per heavy atom. The number of pyridine rings is 1. The van der Waals surface area contributed by atoms with E-state index in [4.69, 9.17) is 0 Å². The predicted octanol–water partition coefficient (Wildman–Crippen LogP) is 3.27. The van der Waals surface area contributed by atoms with Crippen molar-refractivity contribution >= 4 is 44.6 Å². The Balaban J connectivity index is 2.57. The SMILES string of the molecule is CC1CSc2c(C(=O)O)c(=O)c3cc(F)c(Br)cc3n21. The first-order valence-electron chi connectivity index (χ1n) is 5.85. The van der Waals surface area contributed by atoms with Crippen molar-refractivity contribution in [2.75, 3.05) is 5.75 Å². The molecule has 2 aromatic rings. The molecule has 0 fully saturated rings. The molecule has 1 unspecified atom stereocenters. The molecule has 0 spiro atoms. The van der Waals surface area contributed by atoms with E-state index in [0.29, 0.717) is 16.3 Å². The summed E-state index contributed by atoms with van der Waals surface area (Å²) in [6, 6.07) is 2.68. The highest BCUT2D eigenvalue weighted by atomic mass is 79.9.